The number of hydrogen-bond donors (Lipinski definition) is 1. The van der Waals surface area contributed by atoms with Gasteiger partial charge in [0.15, 0.2) is 0 Å². The summed E-state index contributed by atoms with van der Waals surface area (Å²) in [6.07, 6.45) is 0. The number of thiazole rings is 1. The molecular weight excluding hydrogens is 294 g/mol. The number of aromatic nitrogens is 1. The van der Waals surface area contributed by atoms with Gasteiger partial charge in [-0.25, -0.2) is 4.98 Å². The van der Waals surface area contributed by atoms with Crippen LogP contribution < -0.4 is 10.2 Å². The van der Waals surface area contributed by atoms with Gasteiger partial charge >= 0.3 is 0 Å². The Kier molecular flexibility index (Phi) is 3.81. The topological polar surface area (TPSA) is 45.2 Å². The number of anilines is 2. The predicted molar refractivity (Wildman–Crippen MR) is 93.1 cm³/mol. The molecule has 2 aromatic carbocycles. The van der Waals surface area contributed by atoms with E-state index in [2.05, 4.69) is 10.3 Å². The van der Waals surface area contributed by atoms with Crippen LogP contribution in [0, 0.1) is 6.92 Å². The maximum atomic E-state index is 12.3. The molecule has 22 heavy (non-hydrogen) atoms. The number of benzene rings is 2. The molecule has 0 unspecified atom stereocenters. The fourth-order valence-corrected chi connectivity index (χ4v) is 3.04. The molecule has 0 spiro atoms. The van der Waals surface area contributed by atoms with E-state index in [4.69, 9.17) is 0 Å². The van der Waals surface area contributed by atoms with Gasteiger partial charge in [-0.1, -0.05) is 0 Å². The summed E-state index contributed by atoms with van der Waals surface area (Å²) in [6.45, 7) is 1.97. The summed E-state index contributed by atoms with van der Waals surface area (Å²) in [5.74, 6) is -0.120. The number of hydrogen-bond acceptors (Lipinski definition) is 4. The van der Waals surface area contributed by atoms with Crippen LogP contribution in [0.25, 0.3) is 10.2 Å². The second kappa shape index (κ2) is 5.77. The molecule has 0 atom stereocenters. The zero-order valence-electron chi connectivity index (χ0n) is 12.8. The number of carbonyl (C=O) groups is 1. The van der Waals surface area contributed by atoms with Crippen molar-refractivity contribution in [3.05, 3.63) is 53.0 Å². The first-order valence-electron chi connectivity index (χ1n) is 6.99. The van der Waals surface area contributed by atoms with E-state index in [0.717, 1.165) is 26.6 Å². The van der Waals surface area contributed by atoms with E-state index in [1.165, 1.54) is 0 Å². The molecule has 1 amide bonds. The van der Waals surface area contributed by atoms with Gasteiger partial charge in [0.25, 0.3) is 5.91 Å². The van der Waals surface area contributed by atoms with Crippen molar-refractivity contribution < 1.29 is 4.79 Å². The summed E-state index contributed by atoms with van der Waals surface area (Å²) in [5.41, 5.74) is 3.37. The van der Waals surface area contributed by atoms with Crippen LogP contribution in [0.3, 0.4) is 0 Å². The van der Waals surface area contributed by atoms with Gasteiger partial charge in [-0.15, -0.1) is 11.3 Å². The molecule has 5 heteroatoms. The van der Waals surface area contributed by atoms with Crippen molar-refractivity contribution in [2.45, 2.75) is 6.92 Å². The van der Waals surface area contributed by atoms with Gasteiger partial charge in [-0.3, -0.25) is 4.79 Å². The Balaban J connectivity index is 1.80. The van der Waals surface area contributed by atoms with Crippen LogP contribution in [0.4, 0.5) is 11.4 Å². The maximum Gasteiger partial charge on any atom is 0.255 e. The van der Waals surface area contributed by atoms with Crippen LogP contribution >= 0.6 is 11.3 Å². The van der Waals surface area contributed by atoms with Gasteiger partial charge in [0.1, 0.15) is 0 Å². The first-order chi connectivity index (χ1) is 10.5. The zero-order chi connectivity index (χ0) is 15.7. The first kappa shape index (κ1) is 14.5. The van der Waals surface area contributed by atoms with E-state index in [9.17, 15) is 4.79 Å². The molecule has 0 aliphatic carbocycles. The number of nitrogens with zero attached hydrogens (tertiary/aromatic N) is 2. The van der Waals surface area contributed by atoms with E-state index in [1.54, 1.807) is 11.3 Å². The fourth-order valence-electron chi connectivity index (χ4n) is 2.23. The SMILES string of the molecule is Cc1nc2cc(C(=O)Nc3ccc(N(C)C)cc3)ccc2s1. The minimum absolute atomic E-state index is 0.120. The van der Waals surface area contributed by atoms with Crippen LogP contribution in [-0.4, -0.2) is 25.0 Å². The average Bonchev–Trinajstić information content (AvgIpc) is 2.86. The fraction of sp³-hybridized carbons (Fsp3) is 0.176. The largest absolute Gasteiger partial charge is 0.378 e. The van der Waals surface area contributed by atoms with Crippen molar-refractivity contribution in [1.82, 2.24) is 4.98 Å². The number of fused-ring (bicyclic) bond motifs is 1. The lowest BCUT2D eigenvalue weighted by Crippen LogP contribution is -2.12. The third-order valence-corrected chi connectivity index (χ3v) is 4.35. The molecule has 0 saturated carbocycles. The minimum Gasteiger partial charge on any atom is -0.378 e. The Bertz CT molecular complexity index is 822. The van der Waals surface area contributed by atoms with Crippen molar-refractivity contribution in [3.8, 4) is 0 Å². The molecule has 0 radical (unpaired) electrons. The highest BCUT2D eigenvalue weighted by Gasteiger charge is 2.09. The van der Waals surface area contributed by atoms with Gasteiger partial charge in [0, 0.05) is 31.0 Å². The highest BCUT2D eigenvalue weighted by atomic mass is 32.1. The molecule has 1 heterocycles. The van der Waals surface area contributed by atoms with E-state index < -0.39 is 0 Å². The molecule has 4 nitrogen and oxygen atoms in total. The van der Waals surface area contributed by atoms with Gasteiger partial charge < -0.3 is 10.2 Å². The third kappa shape index (κ3) is 2.94. The van der Waals surface area contributed by atoms with Gasteiger partial charge in [0.05, 0.1) is 15.2 Å². The summed E-state index contributed by atoms with van der Waals surface area (Å²) < 4.78 is 1.10. The summed E-state index contributed by atoms with van der Waals surface area (Å²) in [4.78, 5) is 18.8. The second-order valence-electron chi connectivity index (χ2n) is 5.31. The van der Waals surface area contributed by atoms with E-state index in [0.29, 0.717) is 5.56 Å². The number of nitrogens with one attached hydrogen (secondary N) is 1. The van der Waals surface area contributed by atoms with Gasteiger partial charge in [0.2, 0.25) is 0 Å². The van der Waals surface area contributed by atoms with Crippen molar-refractivity contribution in [1.29, 1.82) is 0 Å². The van der Waals surface area contributed by atoms with Gasteiger partial charge in [-0.2, -0.15) is 0 Å². The van der Waals surface area contributed by atoms with Gasteiger partial charge in [-0.05, 0) is 49.4 Å². The van der Waals surface area contributed by atoms with Crippen LogP contribution in [0.1, 0.15) is 15.4 Å². The molecule has 3 aromatic rings. The molecule has 1 N–H and O–H groups in total. The monoisotopic (exact) mass is 311 g/mol. The highest BCUT2D eigenvalue weighted by Crippen LogP contribution is 2.23. The third-order valence-electron chi connectivity index (χ3n) is 3.40. The number of aryl methyl sites for hydroxylation is 1. The predicted octanol–water partition coefficient (Wildman–Crippen LogP) is 3.92. The Morgan fingerprint density at radius 1 is 1.14 bits per heavy atom. The molecule has 0 aliphatic heterocycles. The molecule has 112 valence electrons. The number of carbonyl (C=O) groups excluding carboxylic acids is 1. The van der Waals surface area contributed by atoms with Crippen LogP contribution in [0.15, 0.2) is 42.5 Å². The quantitative estimate of drug-likeness (QED) is 0.797. The molecule has 0 saturated heterocycles. The molecule has 3 rings (SSSR count). The zero-order valence-corrected chi connectivity index (χ0v) is 13.6. The van der Waals surface area contributed by atoms with Crippen molar-refractivity contribution in [3.63, 3.8) is 0 Å². The first-order valence-corrected chi connectivity index (χ1v) is 7.80. The summed E-state index contributed by atoms with van der Waals surface area (Å²) in [7, 11) is 3.97. The lowest BCUT2D eigenvalue weighted by Gasteiger charge is -2.13. The maximum absolute atomic E-state index is 12.3. The molecule has 0 fully saturated rings. The van der Waals surface area contributed by atoms with E-state index in [1.807, 2.05) is 68.4 Å². The Hall–Kier alpha value is -2.40. The Morgan fingerprint density at radius 2 is 1.86 bits per heavy atom. The smallest absolute Gasteiger partial charge is 0.255 e. The Morgan fingerprint density at radius 3 is 2.55 bits per heavy atom. The number of amides is 1. The molecule has 1 aromatic heterocycles. The van der Waals surface area contributed by atoms with Crippen molar-refractivity contribution in [2.24, 2.45) is 0 Å². The van der Waals surface area contributed by atoms with E-state index >= 15 is 0 Å². The van der Waals surface area contributed by atoms with Crippen LogP contribution in [0.5, 0.6) is 0 Å². The summed E-state index contributed by atoms with van der Waals surface area (Å²) in [6, 6.07) is 13.4. The van der Waals surface area contributed by atoms with Crippen LogP contribution in [-0.2, 0) is 0 Å². The van der Waals surface area contributed by atoms with Crippen molar-refractivity contribution in [2.75, 3.05) is 24.3 Å². The lowest BCUT2D eigenvalue weighted by molar-refractivity contribution is 0.102. The standard InChI is InChI=1S/C17H17N3OS/c1-11-18-15-10-12(4-9-16(15)22-11)17(21)19-13-5-7-14(8-6-13)20(2)3/h4-10H,1-3H3,(H,19,21). The summed E-state index contributed by atoms with van der Waals surface area (Å²) >= 11 is 1.63. The highest BCUT2D eigenvalue weighted by molar-refractivity contribution is 7.18. The van der Waals surface area contributed by atoms with Crippen LogP contribution in [0.2, 0.25) is 0 Å². The number of rotatable bonds is 3. The second-order valence-corrected chi connectivity index (χ2v) is 6.55. The molecule has 0 bridgehead atoms. The van der Waals surface area contributed by atoms with Crippen molar-refractivity contribution >= 4 is 38.8 Å². The molecular formula is C17H17N3OS. The Labute approximate surface area is 133 Å². The minimum atomic E-state index is -0.120. The normalized spacial score (nSPS) is 10.7. The average molecular weight is 311 g/mol. The van der Waals surface area contributed by atoms with E-state index in [-0.39, 0.29) is 5.91 Å². The summed E-state index contributed by atoms with van der Waals surface area (Å²) in [5, 5.41) is 3.92. The molecule has 0 aliphatic rings. The lowest BCUT2D eigenvalue weighted by atomic mass is 10.2.